The van der Waals surface area contributed by atoms with E-state index in [1.54, 1.807) is 0 Å². The molecule has 1 fully saturated rings. The average Bonchev–Trinajstić information content (AvgIpc) is 3.33. The number of nitrogens with one attached hydrogen (secondary N) is 1. The molecule has 2 aromatic rings. The zero-order valence-corrected chi connectivity index (χ0v) is 12.4. The van der Waals surface area contributed by atoms with E-state index in [4.69, 9.17) is 21.4 Å². The Morgan fingerprint density at radius 1 is 1.10 bits per heavy atom. The Bertz CT molecular complexity index is 609. The second kappa shape index (κ2) is 6.48. The van der Waals surface area contributed by atoms with E-state index in [1.807, 2.05) is 42.5 Å². The van der Waals surface area contributed by atoms with E-state index in [0.717, 1.165) is 17.7 Å². The van der Waals surface area contributed by atoms with Crippen molar-refractivity contribution in [2.75, 3.05) is 0 Å². The predicted octanol–water partition coefficient (Wildman–Crippen LogP) is 3.88. The molecule has 0 amide bonds. The van der Waals surface area contributed by atoms with Gasteiger partial charge in [0, 0.05) is 12.6 Å². The summed E-state index contributed by atoms with van der Waals surface area (Å²) < 4.78 is 5.77. The van der Waals surface area contributed by atoms with Gasteiger partial charge in [-0.05, 0) is 48.2 Å². The Morgan fingerprint density at radius 3 is 2.43 bits per heavy atom. The van der Waals surface area contributed by atoms with E-state index in [-0.39, 0.29) is 6.61 Å². The number of aliphatic hydroxyl groups is 1. The number of hydrogen-bond acceptors (Lipinski definition) is 3. The van der Waals surface area contributed by atoms with Gasteiger partial charge in [-0.25, -0.2) is 0 Å². The molecule has 0 aliphatic heterocycles. The molecule has 2 N–H and O–H groups in total. The molecule has 0 atom stereocenters. The van der Waals surface area contributed by atoms with E-state index in [9.17, 15) is 0 Å². The van der Waals surface area contributed by atoms with Crippen molar-refractivity contribution in [3.8, 4) is 11.5 Å². The van der Waals surface area contributed by atoms with Crippen LogP contribution < -0.4 is 10.1 Å². The quantitative estimate of drug-likeness (QED) is 0.851. The van der Waals surface area contributed by atoms with Crippen LogP contribution in [0.3, 0.4) is 0 Å². The maximum Gasteiger partial charge on any atom is 0.146 e. The number of ether oxygens (including phenoxy) is 1. The lowest BCUT2D eigenvalue weighted by Gasteiger charge is -2.10. The second-order valence-corrected chi connectivity index (χ2v) is 5.73. The van der Waals surface area contributed by atoms with Crippen molar-refractivity contribution in [2.45, 2.75) is 32.0 Å². The predicted molar refractivity (Wildman–Crippen MR) is 83.8 cm³/mol. The van der Waals surface area contributed by atoms with Crippen LogP contribution in [0.5, 0.6) is 11.5 Å². The van der Waals surface area contributed by atoms with Crippen molar-refractivity contribution in [1.82, 2.24) is 5.32 Å². The molecular formula is C17H18ClNO2. The van der Waals surface area contributed by atoms with Crippen molar-refractivity contribution >= 4 is 11.6 Å². The fraction of sp³-hybridized carbons (Fsp3) is 0.294. The van der Waals surface area contributed by atoms with Gasteiger partial charge in [0.15, 0.2) is 0 Å². The molecule has 3 rings (SSSR count). The highest BCUT2D eigenvalue weighted by Gasteiger charge is 2.20. The highest BCUT2D eigenvalue weighted by atomic mass is 35.5. The molecule has 3 nitrogen and oxygen atoms in total. The summed E-state index contributed by atoms with van der Waals surface area (Å²) in [5.41, 5.74) is 2.02. The molecule has 1 aliphatic carbocycles. The van der Waals surface area contributed by atoms with Crippen molar-refractivity contribution in [3.05, 3.63) is 58.6 Å². The summed E-state index contributed by atoms with van der Waals surface area (Å²) in [5.74, 6) is 1.35. The van der Waals surface area contributed by atoms with Gasteiger partial charge in [-0.2, -0.15) is 0 Å². The first-order valence-corrected chi connectivity index (χ1v) is 7.52. The molecule has 0 heterocycles. The van der Waals surface area contributed by atoms with E-state index < -0.39 is 0 Å². The van der Waals surface area contributed by atoms with Gasteiger partial charge in [0.2, 0.25) is 0 Å². The number of hydrogen-bond donors (Lipinski definition) is 2. The lowest BCUT2D eigenvalue weighted by Crippen LogP contribution is -2.15. The molecule has 1 saturated carbocycles. The standard InChI is InChI=1S/C17H18ClNO2/c18-16-9-13(10-19-14-4-5-14)3-8-17(16)21-15-6-1-12(11-20)2-7-15/h1-3,6-9,14,19-20H,4-5,10-11H2. The van der Waals surface area contributed by atoms with Crippen LogP contribution in [0.25, 0.3) is 0 Å². The SMILES string of the molecule is OCc1ccc(Oc2ccc(CNC3CC3)cc2Cl)cc1. The summed E-state index contributed by atoms with van der Waals surface area (Å²) in [7, 11) is 0. The van der Waals surface area contributed by atoms with Crippen molar-refractivity contribution in [1.29, 1.82) is 0 Å². The summed E-state index contributed by atoms with van der Waals surface area (Å²) in [6.07, 6.45) is 2.55. The third-order valence-electron chi connectivity index (χ3n) is 3.50. The van der Waals surface area contributed by atoms with E-state index in [2.05, 4.69) is 5.32 Å². The lowest BCUT2D eigenvalue weighted by molar-refractivity contribution is 0.281. The fourth-order valence-corrected chi connectivity index (χ4v) is 2.32. The molecule has 1 aliphatic rings. The van der Waals surface area contributed by atoms with Gasteiger partial charge < -0.3 is 15.2 Å². The first kappa shape index (κ1) is 14.4. The van der Waals surface area contributed by atoms with Gasteiger partial charge in [-0.3, -0.25) is 0 Å². The van der Waals surface area contributed by atoms with Crippen molar-refractivity contribution in [2.24, 2.45) is 0 Å². The van der Waals surface area contributed by atoms with Crippen molar-refractivity contribution < 1.29 is 9.84 Å². The van der Waals surface area contributed by atoms with E-state index in [1.165, 1.54) is 12.8 Å². The smallest absolute Gasteiger partial charge is 0.146 e. The molecular weight excluding hydrogens is 286 g/mol. The normalized spacial score (nSPS) is 14.2. The minimum absolute atomic E-state index is 0.0315. The van der Waals surface area contributed by atoms with Gasteiger partial charge in [-0.1, -0.05) is 29.8 Å². The summed E-state index contributed by atoms with van der Waals surface area (Å²) in [6, 6.07) is 13.9. The van der Waals surface area contributed by atoms with Gasteiger partial charge in [0.05, 0.1) is 11.6 Å². The van der Waals surface area contributed by atoms with Crippen LogP contribution >= 0.6 is 11.6 Å². The summed E-state index contributed by atoms with van der Waals surface area (Å²) in [5, 5.41) is 13.1. The van der Waals surface area contributed by atoms with Crippen LogP contribution in [-0.2, 0) is 13.2 Å². The van der Waals surface area contributed by atoms with Crippen molar-refractivity contribution in [3.63, 3.8) is 0 Å². The van der Waals surface area contributed by atoms with Crippen LogP contribution in [0.4, 0.5) is 0 Å². The Morgan fingerprint density at radius 2 is 1.81 bits per heavy atom. The lowest BCUT2D eigenvalue weighted by atomic mass is 10.2. The molecule has 0 unspecified atom stereocenters. The van der Waals surface area contributed by atoms with Gasteiger partial charge in [0.1, 0.15) is 11.5 Å². The molecule has 4 heteroatoms. The van der Waals surface area contributed by atoms with Crippen LogP contribution in [0, 0.1) is 0 Å². The molecule has 0 spiro atoms. The summed E-state index contributed by atoms with van der Waals surface area (Å²) in [6.45, 7) is 0.875. The molecule has 21 heavy (non-hydrogen) atoms. The van der Waals surface area contributed by atoms with Gasteiger partial charge in [0.25, 0.3) is 0 Å². The number of halogens is 1. The van der Waals surface area contributed by atoms with Crippen LogP contribution in [0.15, 0.2) is 42.5 Å². The number of rotatable bonds is 6. The maximum atomic E-state index is 9.02. The summed E-state index contributed by atoms with van der Waals surface area (Å²) in [4.78, 5) is 0. The van der Waals surface area contributed by atoms with Crippen LogP contribution in [0.2, 0.25) is 5.02 Å². The molecule has 110 valence electrons. The molecule has 0 aromatic heterocycles. The Hall–Kier alpha value is -1.55. The van der Waals surface area contributed by atoms with E-state index in [0.29, 0.717) is 22.6 Å². The molecule has 0 saturated heterocycles. The zero-order chi connectivity index (χ0) is 14.7. The largest absolute Gasteiger partial charge is 0.456 e. The first-order valence-electron chi connectivity index (χ1n) is 7.14. The van der Waals surface area contributed by atoms with E-state index >= 15 is 0 Å². The highest BCUT2D eigenvalue weighted by Crippen LogP contribution is 2.30. The minimum atomic E-state index is 0.0315. The number of benzene rings is 2. The minimum Gasteiger partial charge on any atom is -0.456 e. The second-order valence-electron chi connectivity index (χ2n) is 5.32. The summed E-state index contributed by atoms with van der Waals surface area (Å²) >= 11 is 6.28. The fourth-order valence-electron chi connectivity index (χ4n) is 2.08. The topological polar surface area (TPSA) is 41.5 Å². The monoisotopic (exact) mass is 303 g/mol. The molecule has 0 radical (unpaired) electrons. The first-order chi connectivity index (χ1) is 10.2. The molecule has 0 bridgehead atoms. The Labute approximate surface area is 129 Å². The maximum absolute atomic E-state index is 9.02. The Kier molecular flexibility index (Phi) is 4.44. The third-order valence-corrected chi connectivity index (χ3v) is 3.80. The van der Waals surface area contributed by atoms with Crippen LogP contribution in [0.1, 0.15) is 24.0 Å². The third kappa shape index (κ3) is 3.97. The Balaban J connectivity index is 1.66. The van der Waals surface area contributed by atoms with Gasteiger partial charge in [-0.15, -0.1) is 0 Å². The zero-order valence-electron chi connectivity index (χ0n) is 11.7. The van der Waals surface area contributed by atoms with Crippen LogP contribution in [-0.4, -0.2) is 11.1 Å². The average molecular weight is 304 g/mol. The van der Waals surface area contributed by atoms with Gasteiger partial charge >= 0.3 is 0 Å². The highest BCUT2D eigenvalue weighted by molar-refractivity contribution is 6.32. The molecule has 2 aromatic carbocycles. The number of aliphatic hydroxyl groups excluding tert-OH is 1.